The molecule has 5 heteroatoms. The maximum absolute atomic E-state index is 13.6. The second kappa shape index (κ2) is 5.23. The summed E-state index contributed by atoms with van der Waals surface area (Å²) in [6.07, 6.45) is -1.38. The topological polar surface area (TPSA) is 20.2 Å². The average Bonchev–Trinajstić information content (AvgIpc) is 2.33. The molecule has 1 N–H and O–H groups in total. The first-order chi connectivity index (χ1) is 8.90. The Morgan fingerprint density at radius 1 is 0.947 bits per heavy atom. The summed E-state index contributed by atoms with van der Waals surface area (Å²) >= 11 is 5.78. The third-order valence-corrected chi connectivity index (χ3v) is 3.10. The summed E-state index contributed by atoms with van der Waals surface area (Å²) < 4.78 is 39.6. The Kier molecular flexibility index (Phi) is 3.83. The number of benzene rings is 2. The van der Waals surface area contributed by atoms with Crippen LogP contribution in [0.2, 0.25) is 5.02 Å². The van der Waals surface area contributed by atoms with Crippen molar-refractivity contribution >= 4 is 11.6 Å². The van der Waals surface area contributed by atoms with Gasteiger partial charge in [0.1, 0.15) is 11.9 Å². The van der Waals surface area contributed by atoms with Gasteiger partial charge in [0.2, 0.25) is 0 Å². The van der Waals surface area contributed by atoms with E-state index in [-0.39, 0.29) is 5.56 Å². The number of rotatable bonds is 2. The van der Waals surface area contributed by atoms with Crippen molar-refractivity contribution in [2.45, 2.75) is 13.0 Å². The molecule has 0 amide bonds. The first-order valence-electron chi connectivity index (χ1n) is 5.48. The molecule has 2 rings (SSSR count). The van der Waals surface area contributed by atoms with Crippen molar-refractivity contribution in [3.63, 3.8) is 0 Å². The fraction of sp³-hybridized carbons (Fsp3) is 0.143. The molecule has 0 spiro atoms. The molecule has 0 aromatic heterocycles. The van der Waals surface area contributed by atoms with E-state index in [0.717, 1.165) is 0 Å². The molecule has 1 atom stereocenters. The van der Waals surface area contributed by atoms with Crippen LogP contribution < -0.4 is 0 Å². The Morgan fingerprint density at radius 2 is 1.58 bits per heavy atom. The summed E-state index contributed by atoms with van der Waals surface area (Å²) in [4.78, 5) is 0. The third-order valence-electron chi connectivity index (χ3n) is 2.86. The molecule has 1 nitrogen and oxygen atoms in total. The van der Waals surface area contributed by atoms with Crippen LogP contribution in [0.3, 0.4) is 0 Å². The van der Waals surface area contributed by atoms with Gasteiger partial charge in [0.05, 0.1) is 0 Å². The van der Waals surface area contributed by atoms with Gasteiger partial charge in [-0.3, -0.25) is 0 Å². The van der Waals surface area contributed by atoms with Crippen LogP contribution in [0.25, 0.3) is 0 Å². The van der Waals surface area contributed by atoms with Crippen molar-refractivity contribution < 1.29 is 18.3 Å². The lowest BCUT2D eigenvalue weighted by atomic mass is 9.97. The molecule has 0 fully saturated rings. The van der Waals surface area contributed by atoms with Gasteiger partial charge in [0.25, 0.3) is 0 Å². The Labute approximate surface area is 113 Å². The number of halogens is 4. The molecule has 0 saturated carbocycles. The smallest absolute Gasteiger partial charge is 0.161 e. The first-order valence-corrected chi connectivity index (χ1v) is 5.86. The van der Waals surface area contributed by atoms with Crippen LogP contribution in [0.15, 0.2) is 30.3 Å². The molecular weight excluding hydrogens is 277 g/mol. The molecule has 0 bridgehead atoms. The molecule has 0 aliphatic heterocycles. The van der Waals surface area contributed by atoms with E-state index in [1.165, 1.54) is 12.1 Å². The monoisotopic (exact) mass is 286 g/mol. The first kappa shape index (κ1) is 13.9. The fourth-order valence-electron chi connectivity index (χ4n) is 1.86. The molecule has 0 aliphatic carbocycles. The van der Waals surface area contributed by atoms with Crippen LogP contribution in [0, 0.1) is 24.4 Å². The van der Waals surface area contributed by atoms with Crippen LogP contribution in [-0.4, -0.2) is 5.11 Å². The molecule has 0 aliphatic rings. The van der Waals surface area contributed by atoms with E-state index in [1.807, 2.05) is 0 Å². The standard InChI is InChI=1S/C14H10ClF3O/c1-7-4-8(15)2-3-9(7)14(19)10-5-12(17)13(18)6-11(10)16/h2-6,14,19H,1H3. The zero-order valence-corrected chi connectivity index (χ0v) is 10.7. The lowest BCUT2D eigenvalue weighted by Gasteiger charge is -2.15. The van der Waals surface area contributed by atoms with Gasteiger partial charge in [-0.1, -0.05) is 17.7 Å². The third kappa shape index (κ3) is 2.74. The molecular formula is C14H10ClF3O. The summed E-state index contributed by atoms with van der Waals surface area (Å²) in [6, 6.07) is 5.72. The zero-order chi connectivity index (χ0) is 14.2. The SMILES string of the molecule is Cc1cc(Cl)ccc1C(O)c1cc(F)c(F)cc1F. The van der Waals surface area contributed by atoms with Gasteiger partial charge >= 0.3 is 0 Å². The van der Waals surface area contributed by atoms with E-state index in [0.29, 0.717) is 28.3 Å². The highest BCUT2D eigenvalue weighted by Crippen LogP contribution is 2.29. The largest absolute Gasteiger partial charge is 0.384 e. The molecule has 0 heterocycles. The normalized spacial score (nSPS) is 12.5. The quantitative estimate of drug-likeness (QED) is 0.822. The van der Waals surface area contributed by atoms with Crippen molar-refractivity contribution in [1.29, 1.82) is 0 Å². The molecule has 0 radical (unpaired) electrons. The van der Waals surface area contributed by atoms with Gasteiger partial charge in [0.15, 0.2) is 11.6 Å². The lowest BCUT2D eigenvalue weighted by Crippen LogP contribution is -2.06. The summed E-state index contributed by atoms with van der Waals surface area (Å²) in [5.41, 5.74) is 0.697. The second-order valence-corrected chi connectivity index (χ2v) is 4.63. The minimum Gasteiger partial charge on any atom is -0.384 e. The molecule has 2 aromatic rings. The summed E-state index contributed by atoms with van der Waals surface area (Å²) in [5, 5.41) is 10.6. The van der Waals surface area contributed by atoms with Crippen molar-refractivity contribution in [2.24, 2.45) is 0 Å². The Morgan fingerprint density at radius 3 is 2.21 bits per heavy atom. The van der Waals surface area contributed by atoms with Crippen LogP contribution in [-0.2, 0) is 0 Å². The lowest BCUT2D eigenvalue weighted by molar-refractivity contribution is 0.213. The highest BCUT2D eigenvalue weighted by molar-refractivity contribution is 6.30. The molecule has 2 aromatic carbocycles. The number of aryl methyl sites for hydroxylation is 1. The van der Waals surface area contributed by atoms with Gasteiger partial charge in [-0.25, -0.2) is 13.2 Å². The van der Waals surface area contributed by atoms with Crippen LogP contribution in [0.5, 0.6) is 0 Å². The van der Waals surface area contributed by atoms with Gasteiger partial charge < -0.3 is 5.11 Å². The predicted octanol–water partition coefficient (Wildman–Crippen LogP) is 4.15. The van der Waals surface area contributed by atoms with Crippen molar-refractivity contribution in [1.82, 2.24) is 0 Å². The number of aliphatic hydroxyl groups excluding tert-OH is 1. The van der Waals surface area contributed by atoms with E-state index in [9.17, 15) is 18.3 Å². The maximum Gasteiger partial charge on any atom is 0.161 e. The molecule has 19 heavy (non-hydrogen) atoms. The Hall–Kier alpha value is -1.52. The number of hydrogen-bond donors (Lipinski definition) is 1. The minimum absolute atomic E-state index is 0.315. The van der Waals surface area contributed by atoms with E-state index in [2.05, 4.69) is 0 Å². The molecule has 1 unspecified atom stereocenters. The van der Waals surface area contributed by atoms with E-state index in [4.69, 9.17) is 11.6 Å². The highest BCUT2D eigenvalue weighted by Gasteiger charge is 2.19. The molecule has 0 saturated heterocycles. The summed E-state index contributed by atoms with van der Waals surface area (Å²) in [6.45, 7) is 1.68. The van der Waals surface area contributed by atoms with Crippen LogP contribution in [0.4, 0.5) is 13.2 Å². The van der Waals surface area contributed by atoms with Crippen LogP contribution >= 0.6 is 11.6 Å². The van der Waals surface area contributed by atoms with Crippen molar-refractivity contribution in [2.75, 3.05) is 0 Å². The Bertz CT molecular complexity index is 628. The fourth-order valence-corrected chi connectivity index (χ4v) is 2.09. The minimum atomic E-state index is -1.38. The number of aliphatic hydroxyl groups is 1. The predicted molar refractivity (Wildman–Crippen MR) is 66.6 cm³/mol. The summed E-state index contributed by atoms with van der Waals surface area (Å²) in [7, 11) is 0. The highest BCUT2D eigenvalue weighted by atomic mass is 35.5. The second-order valence-electron chi connectivity index (χ2n) is 4.19. The van der Waals surface area contributed by atoms with Gasteiger partial charge in [-0.15, -0.1) is 0 Å². The van der Waals surface area contributed by atoms with E-state index < -0.39 is 23.6 Å². The van der Waals surface area contributed by atoms with E-state index in [1.54, 1.807) is 13.0 Å². The maximum atomic E-state index is 13.6. The molecule has 100 valence electrons. The summed E-state index contributed by atoms with van der Waals surface area (Å²) in [5.74, 6) is -3.50. The van der Waals surface area contributed by atoms with E-state index >= 15 is 0 Å². The van der Waals surface area contributed by atoms with Gasteiger partial charge in [0, 0.05) is 16.7 Å². The van der Waals surface area contributed by atoms with Crippen molar-refractivity contribution in [3.8, 4) is 0 Å². The van der Waals surface area contributed by atoms with Gasteiger partial charge in [-0.2, -0.15) is 0 Å². The Balaban J connectivity index is 2.49. The van der Waals surface area contributed by atoms with Gasteiger partial charge in [-0.05, 0) is 36.2 Å². The number of hydrogen-bond acceptors (Lipinski definition) is 1. The average molecular weight is 287 g/mol. The van der Waals surface area contributed by atoms with Crippen LogP contribution in [0.1, 0.15) is 22.8 Å². The van der Waals surface area contributed by atoms with Crippen molar-refractivity contribution in [3.05, 3.63) is 69.5 Å². The zero-order valence-electron chi connectivity index (χ0n) is 9.92.